The number of hydrogen-bond donors (Lipinski definition) is 2. The number of rotatable bonds is 16. The molecule has 1 atom stereocenters. The number of piperazine rings is 1. The van der Waals surface area contributed by atoms with Crippen LogP contribution >= 0.6 is 0 Å². The molecule has 0 bridgehead atoms. The van der Waals surface area contributed by atoms with E-state index in [1.165, 1.54) is 0 Å². The first-order chi connectivity index (χ1) is 19.0. The lowest BCUT2D eigenvalue weighted by atomic mass is 10.0. The third kappa shape index (κ3) is 10.3. The first-order valence-corrected chi connectivity index (χ1v) is 14.5. The molecule has 1 saturated heterocycles. The van der Waals surface area contributed by atoms with Crippen LogP contribution in [0.4, 0.5) is 0 Å². The van der Waals surface area contributed by atoms with Gasteiger partial charge in [0, 0.05) is 64.3 Å². The van der Waals surface area contributed by atoms with Crippen LogP contribution < -0.4 is 10.1 Å². The number of carbonyl (C=O) groups excluding carboxylic acids is 2. The normalized spacial score (nSPS) is 15.1. The van der Waals surface area contributed by atoms with Crippen molar-refractivity contribution < 1.29 is 19.4 Å². The molecule has 0 spiro atoms. The number of β-amino-alcohol motifs (C(OH)–C–C–N with tert-alkyl or cyclic N) is 1. The van der Waals surface area contributed by atoms with E-state index in [1.54, 1.807) is 12.1 Å². The fourth-order valence-corrected chi connectivity index (χ4v) is 4.94. The lowest BCUT2D eigenvalue weighted by Crippen LogP contribution is -2.50. The van der Waals surface area contributed by atoms with Gasteiger partial charge in [-0.15, -0.1) is 0 Å². The Kier molecular flexibility index (Phi) is 13.3. The predicted molar refractivity (Wildman–Crippen MR) is 155 cm³/mol. The number of nitrogens with one attached hydrogen (secondary N) is 1. The lowest BCUT2D eigenvalue weighted by molar-refractivity contribution is -0.133. The van der Waals surface area contributed by atoms with E-state index < -0.39 is 6.04 Å². The molecule has 1 aliphatic rings. The van der Waals surface area contributed by atoms with Crippen molar-refractivity contribution in [2.24, 2.45) is 0 Å². The molecule has 1 fully saturated rings. The maximum atomic E-state index is 13.5. The van der Waals surface area contributed by atoms with Crippen molar-refractivity contribution in [2.45, 2.75) is 45.6 Å². The molecule has 2 N–H and O–H groups in total. The average molecular weight is 539 g/mol. The number of aliphatic hydroxyl groups is 1. The summed E-state index contributed by atoms with van der Waals surface area (Å²) < 4.78 is 5.97. The van der Waals surface area contributed by atoms with Gasteiger partial charge in [-0.2, -0.15) is 0 Å². The average Bonchev–Trinajstić information content (AvgIpc) is 2.96. The molecule has 39 heavy (non-hydrogen) atoms. The van der Waals surface area contributed by atoms with Gasteiger partial charge in [0.25, 0.3) is 5.91 Å². The number of benzene rings is 2. The molecule has 1 unspecified atom stereocenters. The quantitative estimate of drug-likeness (QED) is 0.320. The van der Waals surface area contributed by atoms with Gasteiger partial charge in [-0.25, -0.2) is 0 Å². The molecule has 2 amide bonds. The molecule has 3 rings (SSSR count). The van der Waals surface area contributed by atoms with Crippen LogP contribution in [0.1, 0.15) is 49.0 Å². The van der Waals surface area contributed by atoms with Crippen LogP contribution in [0, 0.1) is 0 Å². The summed E-state index contributed by atoms with van der Waals surface area (Å²) in [4.78, 5) is 33.0. The molecule has 0 aromatic heterocycles. The summed E-state index contributed by atoms with van der Waals surface area (Å²) in [6.45, 7) is 12.2. The Morgan fingerprint density at radius 2 is 1.54 bits per heavy atom. The molecule has 0 saturated carbocycles. The second-order valence-electron chi connectivity index (χ2n) is 10.2. The highest BCUT2D eigenvalue weighted by Crippen LogP contribution is 2.16. The lowest BCUT2D eigenvalue weighted by Gasteiger charge is -2.34. The van der Waals surface area contributed by atoms with Gasteiger partial charge in [-0.3, -0.25) is 14.5 Å². The van der Waals surface area contributed by atoms with Crippen molar-refractivity contribution in [1.82, 2.24) is 20.0 Å². The second kappa shape index (κ2) is 16.9. The summed E-state index contributed by atoms with van der Waals surface area (Å²) >= 11 is 0. The maximum absolute atomic E-state index is 13.5. The molecule has 0 radical (unpaired) electrons. The number of amides is 2. The summed E-state index contributed by atoms with van der Waals surface area (Å²) in [7, 11) is 0. The van der Waals surface area contributed by atoms with Crippen LogP contribution in [-0.4, -0.2) is 103 Å². The van der Waals surface area contributed by atoms with Crippen LogP contribution in [0.5, 0.6) is 5.75 Å². The fourth-order valence-electron chi connectivity index (χ4n) is 4.94. The predicted octanol–water partition coefficient (Wildman–Crippen LogP) is 3.06. The van der Waals surface area contributed by atoms with E-state index in [9.17, 15) is 9.59 Å². The Labute approximate surface area is 233 Å². The minimum absolute atomic E-state index is 0.0412. The number of ether oxygens (including phenoxy) is 1. The molecule has 2 aromatic rings. The number of carbonyl (C=O) groups is 2. The van der Waals surface area contributed by atoms with Crippen LogP contribution in [0.3, 0.4) is 0 Å². The topological polar surface area (TPSA) is 85.3 Å². The molecule has 0 aliphatic carbocycles. The van der Waals surface area contributed by atoms with Gasteiger partial charge in [0.2, 0.25) is 5.91 Å². The molecule has 2 aromatic carbocycles. The minimum Gasteiger partial charge on any atom is -0.494 e. The van der Waals surface area contributed by atoms with Crippen molar-refractivity contribution in [1.29, 1.82) is 0 Å². The zero-order valence-corrected chi connectivity index (χ0v) is 23.7. The monoisotopic (exact) mass is 538 g/mol. The fraction of sp³-hybridized carbons (Fsp3) is 0.548. The number of nitrogens with zero attached hydrogens (tertiary/aromatic N) is 3. The number of aliphatic hydroxyl groups excluding tert-OH is 1. The van der Waals surface area contributed by atoms with Crippen molar-refractivity contribution in [2.75, 3.05) is 65.6 Å². The summed E-state index contributed by atoms with van der Waals surface area (Å²) in [6, 6.07) is 16.2. The summed E-state index contributed by atoms with van der Waals surface area (Å²) in [5.74, 6) is 0.526. The third-order valence-electron chi connectivity index (χ3n) is 7.07. The highest BCUT2D eigenvalue weighted by molar-refractivity contribution is 5.97. The first kappa shape index (κ1) is 30.6. The molecule has 8 nitrogen and oxygen atoms in total. The van der Waals surface area contributed by atoms with Crippen molar-refractivity contribution in [3.05, 3.63) is 65.7 Å². The molecule has 8 heteroatoms. The van der Waals surface area contributed by atoms with Crippen LogP contribution in [0.15, 0.2) is 54.6 Å². The zero-order chi connectivity index (χ0) is 27.9. The summed E-state index contributed by atoms with van der Waals surface area (Å²) in [5, 5.41) is 12.1. The molecular formula is C31H46N4O4. The van der Waals surface area contributed by atoms with E-state index in [1.807, 2.05) is 47.4 Å². The first-order valence-electron chi connectivity index (χ1n) is 14.5. The van der Waals surface area contributed by atoms with Crippen LogP contribution in [0.25, 0.3) is 0 Å². The van der Waals surface area contributed by atoms with E-state index in [-0.39, 0.29) is 18.4 Å². The molecule has 214 valence electrons. The van der Waals surface area contributed by atoms with Gasteiger partial charge < -0.3 is 25.0 Å². The molecular weight excluding hydrogens is 492 g/mol. The Bertz CT molecular complexity index is 972. The zero-order valence-electron chi connectivity index (χ0n) is 23.7. The summed E-state index contributed by atoms with van der Waals surface area (Å²) in [5.41, 5.74) is 1.52. The second-order valence-corrected chi connectivity index (χ2v) is 10.2. The highest BCUT2D eigenvalue weighted by atomic mass is 16.5. The van der Waals surface area contributed by atoms with Crippen molar-refractivity contribution in [3.63, 3.8) is 0 Å². The summed E-state index contributed by atoms with van der Waals surface area (Å²) in [6.07, 6.45) is 3.12. The van der Waals surface area contributed by atoms with E-state index in [2.05, 4.69) is 29.0 Å². The Morgan fingerprint density at radius 3 is 2.13 bits per heavy atom. The van der Waals surface area contributed by atoms with E-state index in [0.29, 0.717) is 31.7 Å². The van der Waals surface area contributed by atoms with Crippen LogP contribution in [-0.2, 0) is 11.2 Å². The van der Waals surface area contributed by atoms with Gasteiger partial charge in [0.05, 0.1) is 13.2 Å². The van der Waals surface area contributed by atoms with E-state index in [0.717, 1.165) is 69.8 Å². The Hall–Kier alpha value is -2.94. The standard InChI is InChI=1S/C31H46N4O4/c1-3-15-35(16-4-2)31(38)29(32-30(37)27-9-6-5-7-10-27)25-26-11-13-28(14-12-26)39-24-8-17-33-18-20-34(21-19-33)22-23-36/h5-7,9-14,29,36H,3-4,8,15-25H2,1-2H3,(H,32,37). The van der Waals surface area contributed by atoms with Crippen LogP contribution in [0.2, 0.25) is 0 Å². The third-order valence-corrected chi connectivity index (χ3v) is 7.07. The molecule has 1 aliphatic heterocycles. The SMILES string of the molecule is CCCN(CCC)C(=O)C(Cc1ccc(OCCCN2CCN(CCO)CC2)cc1)NC(=O)c1ccccc1. The van der Waals surface area contributed by atoms with Gasteiger partial charge in [0.1, 0.15) is 11.8 Å². The Balaban J connectivity index is 1.53. The minimum atomic E-state index is -0.639. The van der Waals surface area contributed by atoms with Gasteiger partial charge in [0.15, 0.2) is 0 Å². The van der Waals surface area contributed by atoms with Crippen molar-refractivity contribution in [3.8, 4) is 5.75 Å². The van der Waals surface area contributed by atoms with Gasteiger partial charge in [-0.05, 0) is 49.1 Å². The van der Waals surface area contributed by atoms with Gasteiger partial charge >= 0.3 is 0 Å². The van der Waals surface area contributed by atoms with E-state index in [4.69, 9.17) is 9.84 Å². The smallest absolute Gasteiger partial charge is 0.251 e. The maximum Gasteiger partial charge on any atom is 0.251 e. The molecule has 1 heterocycles. The largest absolute Gasteiger partial charge is 0.494 e. The van der Waals surface area contributed by atoms with E-state index >= 15 is 0 Å². The van der Waals surface area contributed by atoms with Gasteiger partial charge in [-0.1, -0.05) is 44.2 Å². The highest BCUT2D eigenvalue weighted by Gasteiger charge is 2.26. The number of hydrogen-bond acceptors (Lipinski definition) is 6. The van der Waals surface area contributed by atoms with Crippen molar-refractivity contribution >= 4 is 11.8 Å². The Morgan fingerprint density at radius 1 is 0.923 bits per heavy atom.